The van der Waals surface area contributed by atoms with Crippen molar-refractivity contribution in [1.82, 2.24) is 9.55 Å². The van der Waals surface area contributed by atoms with E-state index >= 15 is 0 Å². The van der Waals surface area contributed by atoms with Crippen molar-refractivity contribution < 1.29 is 0 Å². The Labute approximate surface area is 639 Å². The van der Waals surface area contributed by atoms with Gasteiger partial charge in [0.05, 0.1) is 44.3 Å². The number of aromatic nitrogens is 2. The summed E-state index contributed by atoms with van der Waals surface area (Å²) < 4.78 is 2.60. The summed E-state index contributed by atoms with van der Waals surface area (Å²) in [6.45, 7) is 49.3. The molecule has 4 heterocycles. The molecule has 0 saturated carbocycles. The van der Waals surface area contributed by atoms with E-state index in [-0.39, 0.29) is 28.4 Å². The van der Waals surface area contributed by atoms with Gasteiger partial charge in [0.1, 0.15) is 0 Å². The van der Waals surface area contributed by atoms with Crippen LogP contribution in [0.25, 0.3) is 83.1 Å². The molecule has 0 atom stereocenters. The van der Waals surface area contributed by atoms with Gasteiger partial charge in [0.15, 0.2) is 0 Å². The fraction of sp³-hybridized carbons (Fsp3) is 0.232. The lowest BCUT2D eigenvalue weighted by atomic mass is 9.33. The maximum atomic E-state index is 5.25. The van der Waals surface area contributed by atoms with Gasteiger partial charge in [-0.05, 0) is 160 Å². The lowest BCUT2D eigenvalue weighted by molar-refractivity contribution is 0.568. The third-order valence-electron chi connectivity index (χ3n) is 22.5. The van der Waals surface area contributed by atoms with Crippen LogP contribution < -0.4 is 36.6 Å². The highest BCUT2D eigenvalue weighted by molar-refractivity contribution is 7.00. The van der Waals surface area contributed by atoms with Crippen LogP contribution in [0.2, 0.25) is 39.3 Å². The average molecular weight is 1430 g/mol. The summed E-state index contributed by atoms with van der Waals surface area (Å²) in [5, 5.41) is 5.44. The molecule has 15 rings (SSSR count). The van der Waals surface area contributed by atoms with Crippen LogP contribution in [0, 0.1) is 0 Å². The summed E-state index contributed by atoms with van der Waals surface area (Å²) in [7, 11) is -3.64. The molecule has 8 heteroatoms. The van der Waals surface area contributed by atoms with Crippen molar-refractivity contribution in [2.24, 2.45) is 4.99 Å². The Morgan fingerprint density at radius 1 is 0.411 bits per heavy atom. The van der Waals surface area contributed by atoms with Crippen molar-refractivity contribution in [3.05, 3.63) is 300 Å². The van der Waals surface area contributed by atoms with Crippen LogP contribution in [0.15, 0.2) is 272 Å². The molecule has 2 aliphatic heterocycles. The minimum absolute atomic E-state index is 0.115. The topological polar surface area (TPSA) is 36.7 Å². The molecule has 0 saturated heterocycles. The van der Waals surface area contributed by atoms with Gasteiger partial charge >= 0.3 is 0 Å². The molecule has 0 bridgehead atoms. The molecule has 0 unspecified atom stereocenters. The van der Waals surface area contributed by atoms with Gasteiger partial charge in [0, 0.05) is 68.8 Å². The van der Waals surface area contributed by atoms with Crippen molar-refractivity contribution >= 4 is 118 Å². The maximum Gasteiger partial charge on any atom is 0.252 e. The zero-order valence-electron chi connectivity index (χ0n) is 66.3. The van der Waals surface area contributed by atoms with E-state index in [9.17, 15) is 0 Å². The van der Waals surface area contributed by atoms with Crippen molar-refractivity contribution in [2.45, 2.75) is 151 Å². The summed E-state index contributed by atoms with van der Waals surface area (Å²) in [5.41, 5.74) is 31.3. The molecule has 13 aromatic rings. The predicted molar refractivity (Wildman–Crippen MR) is 472 cm³/mol. The van der Waals surface area contributed by atoms with Crippen LogP contribution in [0.3, 0.4) is 0 Å². The smallest absolute Gasteiger partial charge is 0.252 e. The van der Waals surface area contributed by atoms with Crippen LogP contribution in [0.5, 0.6) is 0 Å². The maximum absolute atomic E-state index is 5.25. The van der Waals surface area contributed by atoms with E-state index in [1.807, 2.05) is 6.20 Å². The van der Waals surface area contributed by atoms with Gasteiger partial charge in [-0.2, -0.15) is 0 Å². The first-order chi connectivity index (χ1) is 50.7. The summed E-state index contributed by atoms with van der Waals surface area (Å²) in [4.78, 5) is 15.4. The number of fused-ring (bicyclic) bond motifs is 7. The van der Waals surface area contributed by atoms with E-state index < -0.39 is 16.1 Å². The van der Waals surface area contributed by atoms with Crippen LogP contribution in [0.1, 0.15) is 123 Å². The van der Waals surface area contributed by atoms with Crippen LogP contribution >= 0.6 is 0 Å². The second kappa shape index (κ2) is 26.8. The number of hydrogen-bond acceptors (Lipinski definition) is 4. The Balaban J connectivity index is 1.18. The fourth-order valence-electron chi connectivity index (χ4n) is 16.2. The second-order valence-electron chi connectivity index (χ2n) is 36.2. The standard InChI is InChI=1S/C99H102BN5Si2/c1-64(65-33-25-21-26-34-65)94(82(61-101-14)66-35-27-22-28-36-66)104-89-45-41-69(71-49-73(96(2,3)4)55-74(50-71)97(5,6)7)53-85(89)100-86-54-70(72-51-75(98(8,9)10)56-76(52-72)99(11,12)13)42-46-90(86)105(95-83(67-37-29-23-30-38-67)62-102-63-84(95)68-39-31-24-32-40-68)92-58-77(57-91(104)93(92)100)103-87-47-43-78(106(15,16)17)59-80(87)81-60-79(107(18,19)20)44-48-88(81)103/h21-63H,14H2,1-13,15-20H3/b82-61-,94-64-. The Morgan fingerprint density at radius 2 is 0.822 bits per heavy atom. The van der Waals surface area contributed by atoms with Crippen molar-refractivity contribution in [2.75, 3.05) is 9.80 Å². The number of allylic oxidation sites excluding steroid dienone is 2. The van der Waals surface area contributed by atoms with E-state index in [1.165, 1.54) is 93.1 Å². The largest absolute Gasteiger partial charge is 0.310 e. The molecule has 0 N–H and O–H groups in total. The summed E-state index contributed by atoms with van der Waals surface area (Å²) >= 11 is 0. The highest BCUT2D eigenvalue weighted by Crippen LogP contribution is 2.53. The summed E-state index contributed by atoms with van der Waals surface area (Å²) in [6, 6.07) is 93.4. The van der Waals surface area contributed by atoms with E-state index in [2.05, 4.69) is 405 Å². The number of nitrogens with zero attached hydrogens (tertiary/aromatic N) is 5. The first-order valence-corrected chi connectivity index (χ1v) is 45.3. The third-order valence-corrected chi connectivity index (χ3v) is 26.5. The molecule has 0 radical (unpaired) electrons. The summed E-state index contributed by atoms with van der Waals surface area (Å²) in [5.74, 6) is 0. The molecular formula is C99H102BN5Si2. The fourth-order valence-corrected chi connectivity index (χ4v) is 18.5. The number of hydrogen-bond donors (Lipinski definition) is 0. The van der Waals surface area contributed by atoms with Gasteiger partial charge in [0.2, 0.25) is 0 Å². The lowest BCUT2D eigenvalue weighted by Crippen LogP contribution is -2.62. The Hall–Kier alpha value is -10.4. The predicted octanol–water partition coefficient (Wildman–Crippen LogP) is 24.1. The zero-order valence-corrected chi connectivity index (χ0v) is 68.3. The van der Waals surface area contributed by atoms with E-state index in [0.717, 1.165) is 84.3 Å². The monoisotopic (exact) mass is 1430 g/mol. The average Bonchev–Trinajstić information content (AvgIpc) is 1.20. The summed E-state index contributed by atoms with van der Waals surface area (Å²) in [6.07, 6.45) is 6.21. The highest BCUT2D eigenvalue weighted by atomic mass is 28.3. The van der Waals surface area contributed by atoms with Gasteiger partial charge in [-0.1, -0.05) is 339 Å². The number of pyridine rings is 1. The second-order valence-corrected chi connectivity index (χ2v) is 46.3. The molecular weight excluding hydrogens is 1330 g/mol. The lowest BCUT2D eigenvalue weighted by Gasteiger charge is -2.46. The third kappa shape index (κ3) is 13.3. The molecule has 534 valence electrons. The molecule has 107 heavy (non-hydrogen) atoms. The van der Waals surface area contributed by atoms with Crippen LogP contribution in [-0.2, 0) is 21.7 Å². The quantitative estimate of drug-likeness (QED) is 0.0656. The van der Waals surface area contributed by atoms with Gasteiger partial charge in [-0.25, -0.2) is 0 Å². The Kier molecular flexibility index (Phi) is 18.1. The van der Waals surface area contributed by atoms with E-state index in [1.54, 1.807) is 0 Å². The molecule has 0 amide bonds. The Bertz CT molecular complexity index is 5530. The number of rotatable bonds is 13. The van der Waals surface area contributed by atoms with Crippen molar-refractivity contribution in [1.29, 1.82) is 0 Å². The first kappa shape index (κ1) is 72.2. The Morgan fingerprint density at radius 3 is 1.25 bits per heavy atom. The minimum Gasteiger partial charge on any atom is -0.310 e. The van der Waals surface area contributed by atoms with Gasteiger partial charge < -0.3 is 14.4 Å². The number of aliphatic imine (C=N–C) groups is 1. The molecule has 0 aliphatic carbocycles. The molecule has 5 nitrogen and oxygen atoms in total. The van der Waals surface area contributed by atoms with Crippen LogP contribution in [-0.4, -0.2) is 39.1 Å². The van der Waals surface area contributed by atoms with Gasteiger partial charge in [-0.3, -0.25) is 9.98 Å². The van der Waals surface area contributed by atoms with E-state index in [4.69, 9.17) is 9.98 Å². The SMILES string of the molecule is C=N/C=C(\C(=C(/C)c1ccccc1)N1c2ccc(-c3cc(C(C)(C)C)cc(C(C)(C)C)c3)cc2B2c3cc(-c4cc(C(C)(C)C)cc(C(C)(C)C)c4)ccc3N(c3c(-c4ccccc4)cncc3-c3ccccc3)c3cc(-n4c5ccc([Si](C)(C)C)cc5c5cc([Si](C)(C)C)ccc54)cc1c32)c1ccccc1. The highest BCUT2D eigenvalue weighted by Gasteiger charge is 2.47. The molecule has 0 fully saturated rings. The molecule has 11 aromatic carbocycles. The number of benzene rings is 11. The molecule has 0 spiro atoms. The van der Waals surface area contributed by atoms with Crippen molar-refractivity contribution in [3.8, 4) is 50.2 Å². The van der Waals surface area contributed by atoms with Crippen molar-refractivity contribution in [3.63, 3.8) is 0 Å². The van der Waals surface area contributed by atoms with E-state index in [0.29, 0.717) is 0 Å². The van der Waals surface area contributed by atoms with Gasteiger partial charge in [-0.15, -0.1) is 0 Å². The van der Waals surface area contributed by atoms with Gasteiger partial charge in [0.25, 0.3) is 6.71 Å². The first-order valence-electron chi connectivity index (χ1n) is 38.3. The van der Waals surface area contributed by atoms with Crippen LogP contribution in [0.4, 0.5) is 28.4 Å². The zero-order chi connectivity index (χ0) is 75.6. The number of anilines is 5. The minimum atomic E-state index is -1.82. The molecule has 2 aliphatic rings. The normalized spacial score (nSPS) is 13.7. The molecule has 2 aromatic heterocycles.